The number of nitrogens with zero attached hydrogens (tertiary/aromatic N) is 1. The first-order valence-electron chi connectivity index (χ1n) is 9.59. The molecule has 4 N–H and O–H groups in total. The van der Waals surface area contributed by atoms with Crippen LogP contribution in [0.1, 0.15) is 18.4 Å². The number of carboxylic acid groups (broad SMARTS) is 1. The Morgan fingerprint density at radius 1 is 1.12 bits per heavy atom. The Morgan fingerprint density at radius 2 is 1.59 bits per heavy atom. The van der Waals surface area contributed by atoms with Crippen molar-refractivity contribution in [1.82, 2.24) is 5.32 Å². The molecule has 0 aliphatic rings. The smallest absolute Gasteiger partial charge is 0.320 e. The lowest BCUT2D eigenvalue weighted by Gasteiger charge is -2.16. The van der Waals surface area contributed by atoms with Gasteiger partial charge in [0, 0.05) is 25.1 Å². The van der Waals surface area contributed by atoms with Gasteiger partial charge in [0.05, 0.1) is 17.9 Å². The number of aryl methyl sites for hydroxylation is 1. The number of nitrogens with two attached hydrogens (primary N) is 1. The van der Waals surface area contributed by atoms with Crippen molar-refractivity contribution in [3.05, 3.63) is 54.1 Å². The van der Waals surface area contributed by atoms with Crippen molar-refractivity contribution in [3.8, 4) is 0 Å². The Hall–Kier alpha value is -3.12. The van der Waals surface area contributed by atoms with Crippen LogP contribution in [0, 0.1) is 0 Å². The van der Waals surface area contributed by atoms with Crippen molar-refractivity contribution in [2.75, 3.05) is 7.11 Å². The van der Waals surface area contributed by atoms with Crippen LogP contribution in [-0.2, 0) is 37.8 Å². The van der Waals surface area contributed by atoms with Gasteiger partial charge in [-0.2, -0.15) is 4.57 Å². The number of benzene rings is 2. The molecule has 2 aromatic carbocycles. The molecular formula is C21H25N3O7S. The lowest BCUT2D eigenvalue weighted by atomic mass is 10.0. The van der Waals surface area contributed by atoms with Crippen LogP contribution >= 0.6 is 0 Å². The number of fused-ring (bicyclic) bond motifs is 2. The molecule has 3 rings (SSSR count). The van der Waals surface area contributed by atoms with E-state index in [0.717, 1.165) is 34.5 Å². The van der Waals surface area contributed by atoms with E-state index < -0.39 is 28.3 Å². The van der Waals surface area contributed by atoms with E-state index in [1.54, 1.807) is 0 Å². The maximum absolute atomic E-state index is 11.5. The van der Waals surface area contributed by atoms with Crippen LogP contribution in [0.15, 0.2) is 48.5 Å². The van der Waals surface area contributed by atoms with Crippen LogP contribution < -0.4 is 15.6 Å². The molecule has 0 spiro atoms. The number of carboxylic acids is 1. The van der Waals surface area contributed by atoms with E-state index in [-0.39, 0.29) is 12.8 Å². The molecule has 0 saturated carbocycles. The van der Waals surface area contributed by atoms with Crippen molar-refractivity contribution in [2.45, 2.75) is 25.4 Å². The van der Waals surface area contributed by atoms with E-state index in [1.165, 1.54) is 0 Å². The molecule has 3 aromatic rings. The van der Waals surface area contributed by atoms with E-state index in [9.17, 15) is 27.7 Å². The first kappa shape index (κ1) is 25.1. The lowest BCUT2D eigenvalue weighted by molar-refractivity contribution is -0.617. The van der Waals surface area contributed by atoms with Gasteiger partial charge in [-0.3, -0.25) is 13.8 Å². The summed E-state index contributed by atoms with van der Waals surface area (Å²) >= 11 is 0. The molecule has 1 heterocycles. The number of carbonyl (C=O) groups excluding carboxylic acids is 1. The van der Waals surface area contributed by atoms with Crippen molar-refractivity contribution in [1.29, 1.82) is 0 Å². The monoisotopic (exact) mass is 463 g/mol. The van der Waals surface area contributed by atoms with Gasteiger partial charge in [-0.1, -0.05) is 24.3 Å². The second kappa shape index (κ2) is 11.0. The highest BCUT2D eigenvalue weighted by Gasteiger charge is 2.21. The van der Waals surface area contributed by atoms with Crippen molar-refractivity contribution >= 4 is 44.1 Å². The average Bonchev–Trinajstić information content (AvgIpc) is 2.75. The SMILES string of the molecule is COS(=O)(=O)[O-].C[n+]1c2ccccc2c(CNC(CCC(N)=O)C(=O)O)c2ccccc21. The number of hydrogen-bond acceptors (Lipinski definition) is 7. The van der Waals surface area contributed by atoms with Gasteiger partial charge >= 0.3 is 5.97 Å². The Morgan fingerprint density at radius 3 is 2.00 bits per heavy atom. The maximum atomic E-state index is 11.5. The number of hydrogen-bond donors (Lipinski definition) is 3. The minimum absolute atomic E-state index is 0.0369. The normalized spacial score (nSPS) is 12.2. The zero-order valence-electron chi connectivity index (χ0n) is 17.6. The zero-order chi connectivity index (χ0) is 23.9. The van der Waals surface area contributed by atoms with Crippen LogP contribution in [0.2, 0.25) is 0 Å². The second-order valence-electron chi connectivity index (χ2n) is 6.92. The number of aromatic nitrogens is 1. The quantitative estimate of drug-likeness (QED) is 0.190. The summed E-state index contributed by atoms with van der Waals surface area (Å²) in [7, 11) is -1.58. The predicted octanol–water partition coefficient (Wildman–Crippen LogP) is 0.719. The topological polar surface area (TPSA) is 163 Å². The van der Waals surface area contributed by atoms with Crippen molar-refractivity contribution in [3.63, 3.8) is 0 Å². The van der Waals surface area contributed by atoms with Gasteiger partial charge in [-0.25, -0.2) is 8.42 Å². The van der Waals surface area contributed by atoms with Gasteiger partial charge < -0.3 is 20.7 Å². The minimum atomic E-state index is -4.41. The number of pyridine rings is 1. The number of primary amides is 1. The Labute approximate surface area is 185 Å². The number of para-hydroxylation sites is 2. The largest absolute Gasteiger partial charge is 0.726 e. The van der Waals surface area contributed by atoms with Crippen molar-refractivity contribution in [2.24, 2.45) is 12.8 Å². The lowest BCUT2D eigenvalue weighted by Crippen LogP contribution is -2.38. The van der Waals surface area contributed by atoms with Crippen LogP contribution in [0.5, 0.6) is 0 Å². The fraction of sp³-hybridized carbons (Fsp3) is 0.286. The third-order valence-electron chi connectivity index (χ3n) is 4.89. The molecular weight excluding hydrogens is 438 g/mol. The molecule has 0 aliphatic heterocycles. The van der Waals surface area contributed by atoms with Crippen molar-refractivity contribution < 1.29 is 36.4 Å². The molecule has 10 nitrogen and oxygen atoms in total. The molecule has 11 heteroatoms. The average molecular weight is 464 g/mol. The molecule has 1 unspecified atom stereocenters. The van der Waals surface area contributed by atoms with Gasteiger partial charge in [0.2, 0.25) is 27.3 Å². The number of aliphatic carboxylic acids is 1. The second-order valence-corrected chi connectivity index (χ2v) is 8.07. The molecule has 0 fully saturated rings. The van der Waals surface area contributed by atoms with Gasteiger partial charge in [-0.05, 0) is 24.1 Å². The summed E-state index contributed by atoms with van der Waals surface area (Å²) in [5.41, 5.74) is 8.34. The summed E-state index contributed by atoms with van der Waals surface area (Å²) in [6, 6.07) is 15.3. The van der Waals surface area contributed by atoms with E-state index >= 15 is 0 Å². The Balaban J connectivity index is 0.000000534. The van der Waals surface area contributed by atoms with Crippen LogP contribution in [0.4, 0.5) is 0 Å². The third-order valence-corrected chi connectivity index (χ3v) is 5.30. The van der Waals surface area contributed by atoms with Crippen LogP contribution in [-0.4, -0.2) is 43.1 Å². The maximum Gasteiger partial charge on any atom is 0.320 e. The highest BCUT2D eigenvalue weighted by molar-refractivity contribution is 7.80. The number of amides is 1. The number of carbonyl (C=O) groups is 2. The molecule has 32 heavy (non-hydrogen) atoms. The van der Waals surface area contributed by atoms with Gasteiger partial charge in [0.15, 0.2) is 0 Å². The summed E-state index contributed by atoms with van der Waals surface area (Å²) in [5, 5.41) is 14.6. The molecule has 0 bridgehead atoms. The zero-order valence-corrected chi connectivity index (χ0v) is 18.5. The summed E-state index contributed by atoms with van der Waals surface area (Å²) in [6.07, 6.45) is 0.205. The highest BCUT2D eigenvalue weighted by atomic mass is 32.3. The summed E-state index contributed by atoms with van der Waals surface area (Å²) < 4.78 is 33.2. The molecule has 0 aliphatic carbocycles. The van der Waals surface area contributed by atoms with Gasteiger partial charge in [0.25, 0.3) is 0 Å². The molecule has 0 saturated heterocycles. The molecule has 1 aromatic heterocycles. The minimum Gasteiger partial charge on any atom is -0.726 e. The fourth-order valence-electron chi connectivity index (χ4n) is 3.33. The summed E-state index contributed by atoms with van der Waals surface area (Å²) in [6.45, 7) is 0.387. The molecule has 1 atom stereocenters. The fourth-order valence-corrected chi connectivity index (χ4v) is 3.33. The predicted molar refractivity (Wildman–Crippen MR) is 116 cm³/mol. The third kappa shape index (κ3) is 6.69. The van der Waals surface area contributed by atoms with Crippen LogP contribution in [0.3, 0.4) is 0 Å². The van der Waals surface area contributed by atoms with Gasteiger partial charge in [-0.15, -0.1) is 0 Å². The Bertz CT molecular complexity index is 1170. The van der Waals surface area contributed by atoms with Gasteiger partial charge in [0.1, 0.15) is 13.1 Å². The first-order valence-corrected chi connectivity index (χ1v) is 10.9. The van der Waals surface area contributed by atoms with E-state index in [0.29, 0.717) is 6.54 Å². The molecule has 1 amide bonds. The summed E-state index contributed by atoms with van der Waals surface area (Å²) in [5.74, 6) is -1.48. The van der Waals surface area contributed by atoms with Crippen LogP contribution in [0.25, 0.3) is 21.8 Å². The Kier molecular flexibility index (Phi) is 8.61. The molecule has 172 valence electrons. The summed E-state index contributed by atoms with van der Waals surface area (Å²) in [4.78, 5) is 22.5. The van der Waals surface area contributed by atoms with E-state index in [4.69, 9.17) is 5.73 Å². The number of nitrogens with one attached hydrogen (secondary N) is 1. The first-order chi connectivity index (χ1) is 15.0. The highest BCUT2D eigenvalue weighted by Crippen LogP contribution is 2.24. The number of rotatable bonds is 8. The van der Waals surface area contributed by atoms with E-state index in [1.807, 2.05) is 55.6 Å². The van der Waals surface area contributed by atoms with E-state index in [2.05, 4.69) is 14.1 Å². The molecule has 0 radical (unpaired) electrons. The standard InChI is InChI=1S/C20H21N3O3.CH4O4S/c1-23-17-8-4-2-6-13(17)15(14-7-3-5-9-18(14)23)12-22-16(20(25)26)10-11-19(21)24;1-5-6(2,3)4/h2-9,16,22H,10-12H2,1H3,(H2-,21,24,25,26);1H3,(H,2,3,4).